The fraction of sp³-hybridized carbons (Fsp3) is 0.471. The first-order valence-corrected chi connectivity index (χ1v) is 7.29. The molecule has 2 atom stereocenters. The van der Waals surface area contributed by atoms with Crippen LogP contribution in [0.1, 0.15) is 30.4 Å². The highest BCUT2D eigenvalue weighted by atomic mass is 16.5. The molecule has 0 saturated heterocycles. The largest absolute Gasteiger partial charge is 0.481 e. The van der Waals surface area contributed by atoms with Crippen molar-refractivity contribution in [2.45, 2.75) is 31.8 Å². The first-order chi connectivity index (χ1) is 10.1. The van der Waals surface area contributed by atoms with Gasteiger partial charge in [-0.15, -0.1) is 0 Å². The number of benzene rings is 1. The molecule has 1 aromatic rings. The van der Waals surface area contributed by atoms with Gasteiger partial charge in [0.05, 0.1) is 12.5 Å². The Labute approximate surface area is 125 Å². The summed E-state index contributed by atoms with van der Waals surface area (Å²) < 4.78 is 5.48. The molecule has 2 N–H and O–H groups in total. The number of hydrogen-bond acceptors (Lipinski definition) is 3. The van der Waals surface area contributed by atoms with Gasteiger partial charge < -0.3 is 14.9 Å². The van der Waals surface area contributed by atoms with Crippen LogP contribution in [-0.4, -0.2) is 36.0 Å². The number of hydrogen-bond donors (Lipinski definition) is 2. The lowest BCUT2D eigenvalue weighted by atomic mass is 9.83. The highest BCUT2D eigenvalue weighted by Gasteiger charge is 2.24. The van der Waals surface area contributed by atoms with Gasteiger partial charge in [-0.2, -0.15) is 0 Å². The Balaban J connectivity index is 2.22. The molecule has 4 nitrogen and oxygen atoms in total. The van der Waals surface area contributed by atoms with Crippen LogP contribution in [0.3, 0.4) is 0 Å². The van der Waals surface area contributed by atoms with Crippen molar-refractivity contribution in [1.29, 1.82) is 0 Å². The van der Waals surface area contributed by atoms with Crippen LogP contribution >= 0.6 is 0 Å². The number of carboxylic acids is 1. The molecule has 0 radical (unpaired) electrons. The van der Waals surface area contributed by atoms with Crippen molar-refractivity contribution in [2.24, 2.45) is 5.92 Å². The van der Waals surface area contributed by atoms with Crippen molar-refractivity contribution in [3.63, 3.8) is 0 Å². The average molecular weight is 290 g/mol. The van der Waals surface area contributed by atoms with Crippen LogP contribution in [0.2, 0.25) is 0 Å². The fourth-order valence-electron chi connectivity index (χ4n) is 2.97. The summed E-state index contributed by atoms with van der Waals surface area (Å²) in [6.45, 7) is 0.146. The van der Waals surface area contributed by atoms with Gasteiger partial charge in [0.25, 0.3) is 0 Å². The van der Waals surface area contributed by atoms with Gasteiger partial charge in [0.2, 0.25) is 0 Å². The summed E-state index contributed by atoms with van der Waals surface area (Å²) in [7, 11) is 1.71. The standard InChI is InChI=1S/C17H22O4/c1-21-16-6-5-14(11-15(16)7-8-18)13-4-2-3-12(9-13)10-17(19)20/h2-4,9,11,15-16,18H,5-8,10H2,1H3,(H,19,20). The molecule has 0 aromatic heterocycles. The molecule has 1 aliphatic rings. The van der Waals surface area contributed by atoms with Crippen LogP contribution in [0.25, 0.3) is 5.57 Å². The van der Waals surface area contributed by atoms with E-state index < -0.39 is 5.97 Å². The van der Waals surface area contributed by atoms with E-state index in [1.54, 1.807) is 7.11 Å². The average Bonchev–Trinajstić information content (AvgIpc) is 2.47. The first-order valence-electron chi connectivity index (χ1n) is 7.29. The SMILES string of the molecule is COC1CCC(c2cccc(CC(=O)O)c2)=CC1CCO. The molecule has 1 aliphatic carbocycles. The zero-order chi connectivity index (χ0) is 15.2. The normalized spacial score (nSPS) is 21.9. The van der Waals surface area contributed by atoms with Gasteiger partial charge in [-0.05, 0) is 36.0 Å². The van der Waals surface area contributed by atoms with E-state index in [2.05, 4.69) is 6.08 Å². The number of ether oxygens (including phenoxy) is 1. The van der Waals surface area contributed by atoms with E-state index in [0.717, 1.165) is 24.0 Å². The molecule has 0 amide bonds. The van der Waals surface area contributed by atoms with Gasteiger partial charge in [-0.1, -0.05) is 30.3 Å². The van der Waals surface area contributed by atoms with Crippen LogP contribution in [0.15, 0.2) is 30.3 Å². The lowest BCUT2D eigenvalue weighted by Gasteiger charge is -2.29. The van der Waals surface area contributed by atoms with E-state index in [1.165, 1.54) is 5.57 Å². The molecule has 2 rings (SSSR count). The van der Waals surface area contributed by atoms with Crippen LogP contribution in [-0.2, 0) is 16.0 Å². The number of aliphatic hydroxyl groups excluding tert-OH is 1. The fourth-order valence-corrected chi connectivity index (χ4v) is 2.97. The number of rotatable bonds is 6. The van der Waals surface area contributed by atoms with E-state index in [9.17, 15) is 9.90 Å². The number of carboxylic acid groups (broad SMARTS) is 1. The maximum atomic E-state index is 10.8. The molecular weight excluding hydrogens is 268 g/mol. The monoisotopic (exact) mass is 290 g/mol. The van der Waals surface area contributed by atoms with E-state index in [4.69, 9.17) is 9.84 Å². The maximum Gasteiger partial charge on any atom is 0.307 e. The topological polar surface area (TPSA) is 66.8 Å². The molecule has 0 aliphatic heterocycles. The zero-order valence-corrected chi connectivity index (χ0v) is 12.3. The van der Waals surface area contributed by atoms with Crippen molar-refractivity contribution in [1.82, 2.24) is 0 Å². The van der Waals surface area contributed by atoms with Crippen molar-refractivity contribution in [2.75, 3.05) is 13.7 Å². The third-order valence-corrected chi connectivity index (χ3v) is 4.01. The minimum atomic E-state index is -0.817. The Morgan fingerprint density at radius 1 is 1.43 bits per heavy atom. The number of allylic oxidation sites excluding steroid dienone is 1. The molecule has 0 heterocycles. The van der Waals surface area contributed by atoms with Gasteiger partial charge in [-0.25, -0.2) is 0 Å². The van der Waals surface area contributed by atoms with Crippen molar-refractivity contribution < 1.29 is 19.7 Å². The maximum absolute atomic E-state index is 10.8. The summed E-state index contributed by atoms with van der Waals surface area (Å²) in [5.74, 6) is -0.603. The predicted molar refractivity (Wildman–Crippen MR) is 81.0 cm³/mol. The Hall–Kier alpha value is -1.65. The van der Waals surface area contributed by atoms with Crippen molar-refractivity contribution in [3.05, 3.63) is 41.5 Å². The van der Waals surface area contributed by atoms with Crippen molar-refractivity contribution >= 4 is 11.5 Å². The second-order valence-corrected chi connectivity index (χ2v) is 5.45. The molecule has 21 heavy (non-hydrogen) atoms. The van der Waals surface area contributed by atoms with E-state index in [-0.39, 0.29) is 25.0 Å². The minimum absolute atomic E-state index is 0.0435. The molecule has 4 heteroatoms. The molecule has 0 bridgehead atoms. The van der Waals surface area contributed by atoms with Crippen molar-refractivity contribution in [3.8, 4) is 0 Å². The summed E-state index contributed by atoms with van der Waals surface area (Å²) in [6.07, 6.45) is 4.91. The van der Waals surface area contributed by atoms with Crippen LogP contribution in [0.4, 0.5) is 0 Å². The molecular formula is C17H22O4. The zero-order valence-electron chi connectivity index (χ0n) is 12.3. The van der Waals surface area contributed by atoms with Gasteiger partial charge >= 0.3 is 5.97 Å². The summed E-state index contributed by atoms with van der Waals surface area (Å²) in [5, 5.41) is 18.1. The third-order valence-electron chi connectivity index (χ3n) is 4.01. The second kappa shape index (κ2) is 7.38. The van der Waals surface area contributed by atoms with Gasteiger partial charge in [-0.3, -0.25) is 4.79 Å². The van der Waals surface area contributed by atoms with Gasteiger partial charge in [0, 0.05) is 19.6 Å². The Kier molecular flexibility index (Phi) is 5.53. The van der Waals surface area contributed by atoms with Crippen LogP contribution < -0.4 is 0 Å². The number of methoxy groups -OCH3 is 1. The lowest BCUT2D eigenvalue weighted by molar-refractivity contribution is -0.136. The summed E-state index contributed by atoms with van der Waals surface area (Å²) in [6, 6.07) is 7.70. The second-order valence-electron chi connectivity index (χ2n) is 5.45. The predicted octanol–water partition coefficient (Wildman–Crippen LogP) is 2.50. The lowest BCUT2D eigenvalue weighted by Crippen LogP contribution is -2.25. The number of aliphatic carboxylic acids is 1. The quantitative estimate of drug-likeness (QED) is 0.845. The first kappa shape index (κ1) is 15.7. The summed E-state index contributed by atoms with van der Waals surface area (Å²) >= 11 is 0. The molecule has 0 saturated carbocycles. The Bertz CT molecular complexity index is 521. The summed E-state index contributed by atoms with van der Waals surface area (Å²) in [4.78, 5) is 10.8. The highest BCUT2D eigenvalue weighted by molar-refractivity contribution is 5.72. The smallest absolute Gasteiger partial charge is 0.307 e. The Morgan fingerprint density at radius 3 is 2.90 bits per heavy atom. The third kappa shape index (κ3) is 4.16. The Morgan fingerprint density at radius 2 is 2.24 bits per heavy atom. The van der Waals surface area contributed by atoms with E-state index >= 15 is 0 Å². The minimum Gasteiger partial charge on any atom is -0.481 e. The van der Waals surface area contributed by atoms with Crippen LogP contribution in [0.5, 0.6) is 0 Å². The van der Waals surface area contributed by atoms with Gasteiger partial charge in [0.15, 0.2) is 0 Å². The molecule has 114 valence electrons. The van der Waals surface area contributed by atoms with Crippen LogP contribution in [0, 0.1) is 5.92 Å². The summed E-state index contributed by atoms with van der Waals surface area (Å²) in [5.41, 5.74) is 3.11. The molecule has 0 spiro atoms. The molecule has 0 fully saturated rings. The highest BCUT2D eigenvalue weighted by Crippen LogP contribution is 2.33. The van der Waals surface area contributed by atoms with E-state index in [1.807, 2.05) is 24.3 Å². The number of carbonyl (C=O) groups is 1. The van der Waals surface area contributed by atoms with Gasteiger partial charge in [0.1, 0.15) is 0 Å². The van der Waals surface area contributed by atoms with E-state index in [0.29, 0.717) is 6.42 Å². The molecule has 1 aromatic carbocycles. The number of aliphatic hydroxyl groups is 1. The molecule has 2 unspecified atom stereocenters.